The van der Waals surface area contributed by atoms with Crippen molar-refractivity contribution in [1.29, 1.82) is 0 Å². The van der Waals surface area contributed by atoms with E-state index in [1.54, 1.807) is 18.2 Å². The highest BCUT2D eigenvalue weighted by Crippen LogP contribution is 2.22. The first-order valence-electron chi connectivity index (χ1n) is 6.74. The molecule has 1 atom stereocenters. The number of nitrogens with zero attached hydrogens (tertiary/aromatic N) is 1. The molecule has 21 heavy (non-hydrogen) atoms. The minimum atomic E-state index is -0.318. The van der Waals surface area contributed by atoms with E-state index in [2.05, 4.69) is 10.5 Å². The van der Waals surface area contributed by atoms with Crippen molar-refractivity contribution in [3.63, 3.8) is 0 Å². The van der Waals surface area contributed by atoms with Gasteiger partial charge >= 0.3 is 0 Å². The maximum absolute atomic E-state index is 12.0. The van der Waals surface area contributed by atoms with E-state index in [0.29, 0.717) is 23.6 Å². The highest BCUT2D eigenvalue weighted by molar-refractivity contribution is 6.30. The summed E-state index contributed by atoms with van der Waals surface area (Å²) in [7, 11) is 0. The Balaban J connectivity index is 2.04. The van der Waals surface area contributed by atoms with Crippen molar-refractivity contribution in [3.8, 4) is 11.3 Å². The molecular formula is C15H17ClN2O3. The molecule has 0 aliphatic carbocycles. The number of halogens is 1. The summed E-state index contributed by atoms with van der Waals surface area (Å²) in [6.07, 6.45) is 1.35. The molecule has 1 heterocycles. The lowest BCUT2D eigenvalue weighted by Gasteiger charge is -2.11. The zero-order valence-electron chi connectivity index (χ0n) is 11.7. The van der Waals surface area contributed by atoms with E-state index in [4.69, 9.17) is 21.2 Å². The van der Waals surface area contributed by atoms with Crippen LogP contribution in [0.4, 0.5) is 0 Å². The van der Waals surface area contributed by atoms with Crippen molar-refractivity contribution in [3.05, 3.63) is 41.1 Å². The number of amides is 1. The molecule has 2 aromatic rings. The Morgan fingerprint density at radius 1 is 1.48 bits per heavy atom. The van der Waals surface area contributed by atoms with Gasteiger partial charge in [0.15, 0.2) is 0 Å². The van der Waals surface area contributed by atoms with Crippen LogP contribution in [0.2, 0.25) is 5.02 Å². The molecule has 2 N–H and O–H groups in total. The Bertz CT molecular complexity index is 612. The van der Waals surface area contributed by atoms with Gasteiger partial charge in [-0.1, -0.05) is 28.9 Å². The third-order valence-electron chi connectivity index (χ3n) is 3.03. The quantitative estimate of drug-likeness (QED) is 0.860. The number of hydrogen-bond acceptors (Lipinski definition) is 4. The van der Waals surface area contributed by atoms with E-state index in [1.165, 1.54) is 0 Å². The average Bonchev–Trinajstić information content (AvgIpc) is 2.95. The molecule has 112 valence electrons. The second kappa shape index (κ2) is 7.24. The third kappa shape index (κ3) is 4.31. The van der Waals surface area contributed by atoms with E-state index in [1.807, 2.05) is 19.1 Å². The van der Waals surface area contributed by atoms with Crippen LogP contribution in [0.3, 0.4) is 0 Å². The minimum absolute atomic E-state index is 0.0376. The van der Waals surface area contributed by atoms with Crippen LogP contribution >= 0.6 is 11.6 Å². The molecular weight excluding hydrogens is 292 g/mol. The van der Waals surface area contributed by atoms with Gasteiger partial charge in [-0.15, -0.1) is 0 Å². The summed E-state index contributed by atoms with van der Waals surface area (Å²) in [5, 5.41) is 16.0. The first kappa shape index (κ1) is 15.5. The highest BCUT2D eigenvalue weighted by atomic mass is 35.5. The largest absolute Gasteiger partial charge is 0.396 e. The van der Waals surface area contributed by atoms with Crippen LogP contribution in [0.25, 0.3) is 11.3 Å². The number of aromatic nitrogens is 1. The van der Waals surface area contributed by atoms with Gasteiger partial charge in [0.05, 0.1) is 0 Å². The van der Waals surface area contributed by atoms with E-state index in [-0.39, 0.29) is 24.3 Å². The van der Waals surface area contributed by atoms with Crippen molar-refractivity contribution in [1.82, 2.24) is 10.5 Å². The topological polar surface area (TPSA) is 75.4 Å². The van der Waals surface area contributed by atoms with Gasteiger partial charge in [0.1, 0.15) is 5.69 Å². The first-order valence-corrected chi connectivity index (χ1v) is 7.12. The van der Waals surface area contributed by atoms with Crippen LogP contribution in [-0.4, -0.2) is 28.8 Å². The van der Waals surface area contributed by atoms with Gasteiger partial charge in [-0.05, 0) is 31.9 Å². The minimum Gasteiger partial charge on any atom is -0.396 e. The summed E-state index contributed by atoms with van der Waals surface area (Å²) in [6.45, 7) is 1.99. The van der Waals surface area contributed by atoms with Crippen molar-refractivity contribution < 1.29 is 14.4 Å². The molecule has 0 fully saturated rings. The molecule has 2 rings (SSSR count). The van der Waals surface area contributed by atoms with Gasteiger partial charge in [0.2, 0.25) is 5.76 Å². The number of aliphatic hydroxyl groups is 1. The van der Waals surface area contributed by atoms with Crippen LogP contribution in [0.15, 0.2) is 34.9 Å². The average molecular weight is 309 g/mol. The molecule has 1 amide bonds. The molecule has 0 aliphatic heterocycles. The number of rotatable bonds is 6. The molecule has 0 saturated heterocycles. The standard InChI is InChI=1S/C15H17ClN2O3/c1-10(4-3-7-19)17-15(20)14-9-13(18-21-14)11-5-2-6-12(16)8-11/h2,5-6,8-10,19H,3-4,7H2,1H3,(H,17,20). The number of hydrogen-bond donors (Lipinski definition) is 2. The Hall–Kier alpha value is -1.85. The summed E-state index contributed by atoms with van der Waals surface area (Å²) in [6, 6.07) is 8.72. The first-order chi connectivity index (χ1) is 10.1. The molecule has 0 spiro atoms. The highest BCUT2D eigenvalue weighted by Gasteiger charge is 2.16. The monoisotopic (exact) mass is 308 g/mol. The van der Waals surface area contributed by atoms with E-state index >= 15 is 0 Å². The summed E-state index contributed by atoms with van der Waals surface area (Å²) in [4.78, 5) is 12.0. The zero-order chi connectivity index (χ0) is 15.2. The van der Waals surface area contributed by atoms with Crippen LogP contribution in [0.1, 0.15) is 30.3 Å². The fraction of sp³-hybridized carbons (Fsp3) is 0.333. The maximum Gasteiger partial charge on any atom is 0.290 e. The summed E-state index contributed by atoms with van der Waals surface area (Å²) in [5.41, 5.74) is 1.35. The van der Waals surface area contributed by atoms with Crippen LogP contribution in [-0.2, 0) is 0 Å². The van der Waals surface area contributed by atoms with Crippen LogP contribution in [0.5, 0.6) is 0 Å². The molecule has 1 unspecified atom stereocenters. The lowest BCUT2D eigenvalue weighted by atomic mass is 10.1. The summed E-state index contributed by atoms with van der Waals surface area (Å²) < 4.78 is 5.07. The lowest BCUT2D eigenvalue weighted by Crippen LogP contribution is -2.32. The Morgan fingerprint density at radius 3 is 3.00 bits per heavy atom. The van der Waals surface area contributed by atoms with Crippen molar-refractivity contribution in [2.45, 2.75) is 25.8 Å². The lowest BCUT2D eigenvalue weighted by molar-refractivity contribution is 0.0899. The van der Waals surface area contributed by atoms with E-state index in [9.17, 15) is 4.79 Å². The van der Waals surface area contributed by atoms with Crippen LogP contribution < -0.4 is 5.32 Å². The molecule has 5 nitrogen and oxygen atoms in total. The predicted molar refractivity (Wildman–Crippen MR) is 80.2 cm³/mol. The van der Waals surface area contributed by atoms with E-state index < -0.39 is 0 Å². The van der Waals surface area contributed by atoms with Gasteiger partial charge in [-0.25, -0.2) is 0 Å². The number of carbonyl (C=O) groups is 1. The van der Waals surface area contributed by atoms with Gasteiger partial charge in [0, 0.05) is 29.3 Å². The molecule has 0 bridgehead atoms. The normalized spacial score (nSPS) is 12.1. The number of benzene rings is 1. The fourth-order valence-electron chi connectivity index (χ4n) is 1.93. The summed E-state index contributed by atoms with van der Waals surface area (Å²) in [5.74, 6) is -0.165. The third-order valence-corrected chi connectivity index (χ3v) is 3.26. The fourth-order valence-corrected chi connectivity index (χ4v) is 2.12. The second-order valence-electron chi connectivity index (χ2n) is 4.83. The Morgan fingerprint density at radius 2 is 2.29 bits per heavy atom. The molecule has 6 heteroatoms. The van der Waals surface area contributed by atoms with Crippen molar-refractivity contribution in [2.24, 2.45) is 0 Å². The molecule has 0 saturated carbocycles. The number of carbonyl (C=O) groups excluding carboxylic acids is 1. The molecule has 1 aromatic carbocycles. The van der Waals surface area contributed by atoms with Crippen molar-refractivity contribution >= 4 is 17.5 Å². The van der Waals surface area contributed by atoms with Crippen LogP contribution in [0, 0.1) is 0 Å². The molecule has 1 aromatic heterocycles. The molecule has 0 aliphatic rings. The second-order valence-corrected chi connectivity index (χ2v) is 5.26. The predicted octanol–water partition coefficient (Wildman–Crippen LogP) is 2.89. The SMILES string of the molecule is CC(CCCO)NC(=O)c1cc(-c2cccc(Cl)c2)no1. The van der Waals surface area contributed by atoms with Gasteiger partial charge in [-0.2, -0.15) is 0 Å². The zero-order valence-corrected chi connectivity index (χ0v) is 12.4. The van der Waals surface area contributed by atoms with Gasteiger partial charge < -0.3 is 14.9 Å². The Kier molecular flexibility index (Phi) is 5.36. The smallest absolute Gasteiger partial charge is 0.290 e. The number of aliphatic hydroxyl groups excluding tert-OH is 1. The Labute approximate surface area is 127 Å². The maximum atomic E-state index is 12.0. The number of nitrogens with one attached hydrogen (secondary N) is 1. The van der Waals surface area contributed by atoms with Crippen molar-refractivity contribution in [2.75, 3.05) is 6.61 Å². The van der Waals surface area contributed by atoms with Gasteiger partial charge in [0.25, 0.3) is 5.91 Å². The van der Waals surface area contributed by atoms with Gasteiger partial charge in [-0.3, -0.25) is 4.79 Å². The van der Waals surface area contributed by atoms with E-state index in [0.717, 1.165) is 5.56 Å². The molecule has 0 radical (unpaired) electrons. The summed E-state index contributed by atoms with van der Waals surface area (Å²) >= 11 is 5.92.